The van der Waals surface area contributed by atoms with Crippen LogP contribution in [-0.4, -0.2) is 44.0 Å². The summed E-state index contributed by atoms with van der Waals surface area (Å²) in [5.41, 5.74) is 2.22. The molecule has 1 fully saturated rings. The minimum absolute atomic E-state index is 0.0524. The molecule has 2 amide bonds. The number of nitrogens with one attached hydrogen (secondary N) is 1. The van der Waals surface area contributed by atoms with Crippen molar-refractivity contribution in [3.05, 3.63) is 53.1 Å². The number of benzene rings is 2. The SMILES string of the molecule is COc1cc(C(=O)Nc2ccccc2C(=O)N2CC(C)CC(C)C2)cc(OC)c1C. The molecule has 2 atom stereocenters. The number of piperidine rings is 1. The number of hydrogen-bond donors (Lipinski definition) is 1. The number of ether oxygens (including phenoxy) is 2. The first-order chi connectivity index (χ1) is 14.3. The van der Waals surface area contributed by atoms with Gasteiger partial charge < -0.3 is 19.7 Å². The van der Waals surface area contributed by atoms with Crippen molar-refractivity contribution < 1.29 is 19.1 Å². The summed E-state index contributed by atoms with van der Waals surface area (Å²) in [6, 6.07) is 10.5. The van der Waals surface area contributed by atoms with Gasteiger partial charge in [0.1, 0.15) is 11.5 Å². The van der Waals surface area contributed by atoms with Gasteiger partial charge >= 0.3 is 0 Å². The monoisotopic (exact) mass is 410 g/mol. The zero-order valence-electron chi connectivity index (χ0n) is 18.3. The van der Waals surface area contributed by atoms with E-state index in [1.807, 2.05) is 24.0 Å². The number of amides is 2. The van der Waals surface area contributed by atoms with Crippen molar-refractivity contribution in [2.75, 3.05) is 32.6 Å². The Hall–Kier alpha value is -3.02. The third-order valence-corrected chi connectivity index (χ3v) is 5.58. The van der Waals surface area contributed by atoms with E-state index in [4.69, 9.17) is 9.47 Å². The molecule has 0 bridgehead atoms. The lowest BCUT2D eigenvalue weighted by Gasteiger charge is -2.35. The average molecular weight is 411 g/mol. The average Bonchev–Trinajstić information content (AvgIpc) is 2.73. The number of likely N-dealkylation sites (tertiary alicyclic amines) is 1. The molecule has 1 saturated heterocycles. The van der Waals surface area contributed by atoms with Crippen LogP contribution in [0, 0.1) is 18.8 Å². The lowest BCUT2D eigenvalue weighted by atomic mass is 9.91. The number of rotatable bonds is 5. The maximum absolute atomic E-state index is 13.2. The van der Waals surface area contributed by atoms with Gasteiger partial charge in [0.05, 0.1) is 25.5 Å². The Morgan fingerprint density at radius 3 is 2.13 bits per heavy atom. The fourth-order valence-corrected chi connectivity index (χ4v) is 4.19. The third-order valence-electron chi connectivity index (χ3n) is 5.58. The number of carbonyl (C=O) groups excluding carboxylic acids is 2. The zero-order valence-corrected chi connectivity index (χ0v) is 18.3. The van der Waals surface area contributed by atoms with Gasteiger partial charge in [0.2, 0.25) is 0 Å². The second kappa shape index (κ2) is 9.20. The number of para-hydroxylation sites is 1. The lowest BCUT2D eigenvalue weighted by Crippen LogP contribution is -2.42. The van der Waals surface area contributed by atoms with Crippen LogP contribution in [0.15, 0.2) is 36.4 Å². The van der Waals surface area contributed by atoms with E-state index in [1.54, 1.807) is 38.5 Å². The molecule has 2 aromatic rings. The first kappa shape index (κ1) is 21.7. The predicted octanol–water partition coefficient (Wildman–Crippen LogP) is 4.38. The van der Waals surface area contributed by atoms with Crippen molar-refractivity contribution in [2.45, 2.75) is 27.2 Å². The topological polar surface area (TPSA) is 67.9 Å². The highest BCUT2D eigenvalue weighted by atomic mass is 16.5. The van der Waals surface area contributed by atoms with E-state index >= 15 is 0 Å². The first-order valence-corrected chi connectivity index (χ1v) is 10.3. The third kappa shape index (κ3) is 4.58. The van der Waals surface area contributed by atoms with Crippen LogP contribution >= 0.6 is 0 Å². The molecule has 0 spiro atoms. The molecule has 6 heteroatoms. The minimum Gasteiger partial charge on any atom is -0.496 e. The fraction of sp³-hybridized carbons (Fsp3) is 0.417. The van der Waals surface area contributed by atoms with Gasteiger partial charge in [0.15, 0.2) is 0 Å². The fourth-order valence-electron chi connectivity index (χ4n) is 4.19. The normalized spacial score (nSPS) is 18.6. The Morgan fingerprint density at radius 2 is 1.57 bits per heavy atom. The summed E-state index contributed by atoms with van der Waals surface area (Å²) in [6.07, 6.45) is 1.12. The highest BCUT2D eigenvalue weighted by Crippen LogP contribution is 2.30. The maximum Gasteiger partial charge on any atom is 0.255 e. The van der Waals surface area contributed by atoms with Crippen molar-refractivity contribution >= 4 is 17.5 Å². The van der Waals surface area contributed by atoms with Gasteiger partial charge in [-0.3, -0.25) is 9.59 Å². The van der Waals surface area contributed by atoms with Crippen LogP contribution in [0.2, 0.25) is 0 Å². The van der Waals surface area contributed by atoms with Crippen molar-refractivity contribution in [2.24, 2.45) is 11.8 Å². The molecule has 1 N–H and O–H groups in total. The Balaban J connectivity index is 1.86. The van der Waals surface area contributed by atoms with E-state index in [2.05, 4.69) is 19.2 Å². The van der Waals surface area contributed by atoms with E-state index in [1.165, 1.54) is 0 Å². The van der Waals surface area contributed by atoms with Crippen LogP contribution in [0.25, 0.3) is 0 Å². The van der Waals surface area contributed by atoms with Crippen molar-refractivity contribution in [3.63, 3.8) is 0 Å². The van der Waals surface area contributed by atoms with Gasteiger partial charge in [-0.2, -0.15) is 0 Å². The van der Waals surface area contributed by atoms with Gasteiger partial charge in [0.25, 0.3) is 11.8 Å². The van der Waals surface area contributed by atoms with Gasteiger partial charge in [-0.25, -0.2) is 0 Å². The van der Waals surface area contributed by atoms with Crippen LogP contribution < -0.4 is 14.8 Å². The Labute approximate surface area is 178 Å². The Kier molecular flexibility index (Phi) is 6.65. The van der Waals surface area contributed by atoms with Crippen molar-refractivity contribution in [3.8, 4) is 11.5 Å². The van der Waals surface area contributed by atoms with Crippen LogP contribution in [0.4, 0.5) is 5.69 Å². The van der Waals surface area contributed by atoms with E-state index in [0.717, 1.165) is 25.1 Å². The quantitative estimate of drug-likeness (QED) is 0.794. The molecule has 2 unspecified atom stereocenters. The molecular formula is C24H30N2O4. The second-order valence-electron chi connectivity index (χ2n) is 8.16. The summed E-state index contributed by atoms with van der Waals surface area (Å²) in [5.74, 6) is 1.69. The molecule has 0 aliphatic carbocycles. The van der Waals surface area contributed by atoms with Crippen LogP contribution in [0.1, 0.15) is 46.5 Å². The molecule has 0 radical (unpaired) electrons. The summed E-state index contributed by atoms with van der Waals surface area (Å²) in [6.45, 7) is 7.67. The molecular weight excluding hydrogens is 380 g/mol. The predicted molar refractivity (Wildman–Crippen MR) is 118 cm³/mol. The largest absolute Gasteiger partial charge is 0.496 e. The summed E-state index contributed by atoms with van der Waals surface area (Å²) in [4.78, 5) is 28.1. The molecule has 1 heterocycles. The van der Waals surface area contributed by atoms with Crippen LogP contribution in [0.5, 0.6) is 11.5 Å². The summed E-state index contributed by atoms with van der Waals surface area (Å²) in [5, 5.41) is 2.89. The van der Waals surface area contributed by atoms with Gasteiger partial charge in [-0.05, 0) is 49.4 Å². The second-order valence-corrected chi connectivity index (χ2v) is 8.16. The lowest BCUT2D eigenvalue weighted by molar-refractivity contribution is 0.0624. The highest BCUT2D eigenvalue weighted by molar-refractivity contribution is 6.09. The molecule has 0 aromatic heterocycles. The number of hydrogen-bond acceptors (Lipinski definition) is 4. The zero-order chi connectivity index (χ0) is 21.8. The Morgan fingerprint density at radius 1 is 1.00 bits per heavy atom. The molecule has 3 rings (SSSR count). The van der Waals surface area contributed by atoms with E-state index in [0.29, 0.717) is 40.1 Å². The van der Waals surface area contributed by atoms with Crippen molar-refractivity contribution in [1.82, 2.24) is 4.90 Å². The standard InChI is InChI=1S/C24H30N2O4/c1-15-10-16(2)14-26(13-15)24(28)19-8-6-7-9-20(19)25-23(27)18-11-21(29-4)17(3)22(12-18)30-5/h6-9,11-12,15-16H,10,13-14H2,1-5H3,(H,25,27). The summed E-state index contributed by atoms with van der Waals surface area (Å²) < 4.78 is 10.7. The number of carbonyl (C=O) groups is 2. The molecule has 0 saturated carbocycles. The number of methoxy groups -OCH3 is 2. The molecule has 1 aliphatic heterocycles. The van der Waals surface area contributed by atoms with E-state index < -0.39 is 0 Å². The smallest absolute Gasteiger partial charge is 0.255 e. The summed E-state index contributed by atoms with van der Waals surface area (Å²) in [7, 11) is 3.11. The maximum atomic E-state index is 13.2. The van der Waals surface area contributed by atoms with Gasteiger partial charge in [-0.15, -0.1) is 0 Å². The van der Waals surface area contributed by atoms with Gasteiger partial charge in [-0.1, -0.05) is 26.0 Å². The Bertz CT molecular complexity index is 906. The highest BCUT2D eigenvalue weighted by Gasteiger charge is 2.27. The summed E-state index contributed by atoms with van der Waals surface area (Å²) >= 11 is 0. The minimum atomic E-state index is -0.327. The van der Waals surface area contributed by atoms with E-state index in [-0.39, 0.29) is 11.8 Å². The van der Waals surface area contributed by atoms with Crippen LogP contribution in [0.3, 0.4) is 0 Å². The molecule has 30 heavy (non-hydrogen) atoms. The molecule has 6 nitrogen and oxygen atoms in total. The van der Waals surface area contributed by atoms with Gasteiger partial charge in [0, 0.05) is 24.2 Å². The number of anilines is 1. The molecule has 1 aliphatic rings. The number of nitrogens with zero attached hydrogens (tertiary/aromatic N) is 1. The van der Waals surface area contributed by atoms with Crippen LogP contribution in [-0.2, 0) is 0 Å². The molecule has 2 aromatic carbocycles. The van der Waals surface area contributed by atoms with E-state index in [9.17, 15) is 9.59 Å². The first-order valence-electron chi connectivity index (χ1n) is 10.3. The van der Waals surface area contributed by atoms with Crippen molar-refractivity contribution in [1.29, 1.82) is 0 Å². The molecule has 160 valence electrons.